The van der Waals surface area contributed by atoms with Gasteiger partial charge < -0.3 is 4.90 Å². The van der Waals surface area contributed by atoms with Crippen molar-refractivity contribution in [2.24, 2.45) is 0 Å². The van der Waals surface area contributed by atoms with Crippen LogP contribution in [-0.2, 0) is 4.87 Å². The molecule has 1 amide bonds. The van der Waals surface area contributed by atoms with Crippen LogP contribution in [-0.4, -0.2) is 23.1 Å². The molecule has 6 rings (SSSR count). The van der Waals surface area contributed by atoms with E-state index in [0.717, 1.165) is 29.8 Å². The smallest absolute Gasteiger partial charge is 0.255 e. The number of nitrogens with zero attached hydrogens (tertiary/aromatic N) is 1. The van der Waals surface area contributed by atoms with Gasteiger partial charge in [0.05, 0.1) is 0 Å². The molecule has 1 fully saturated rings. The lowest BCUT2D eigenvalue weighted by Gasteiger charge is -2.43. The lowest BCUT2D eigenvalue weighted by molar-refractivity contribution is 0.0719. The van der Waals surface area contributed by atoms with E-state index < -0.39 is 4.87 Å². The van der Waals surface area contributed by atoms with Crippen LogP contribution in [0.1, 0.15) is 27.9 Å². The fourth-order valence-corrected chi connectivity index (χ4v) is 6.57. The van der Waals surface area contributed by atoms with Crippen molar-refractivity contribution in [3.63, 3.8) is 0 Å². The van der Waals surface area contributed by atoms with E-state index in [1.807, 2.05) is 23.9 Å². The minimum absolute atomic E-state index is 0.166. The molecule has 28 heavy (non-hydrogen) atoms. The number of thioether (sulfide) groups is 1. The maximum atomic E-state index is 13.4. The molecule has 3 heteroatoms. The van der Waals surface area contributed by atoms with E-state index >= 15 is 0 Å². The first-order valence-electron chi connectivity index (χ1n) is 9.77. The molecule has 4 aromatic carbocycles. The standard InChI is InChI=1S/C25H19NOS/c27-24-21-12-5-6-13-22(21)25(26(24)14-7-15-28-25)23-19-10-3-1-8-17(19)16-18-9-2-4-11-20(18)23/h1-6,8-13,16H,7,14-15H2. The van der Waals surface area contributed by atoms with Gasteiger partial charge in [-0.2, -0.15) is 0 Å². The Morgan fingerprint density at radius 3 is 2.21 bits per heavy atom. The van der Waals surface area contributed by atoms with Crippen molar-refractivity contribution in [2.75, 3.05) is 12.3 Å². The number of amides is 1. The SMILES string of the molecule is O=C1c2ccccc2C2(c3c4ccccc4cc4ccccc34)SCCCN12. The minimum Gasteiger partial charge on any atom is -0.316 e. The molecule has 0 aromatic heterocycles. The third-order valence-corrected chi connectivity index (χ3v) is 7.65. The highest BCUT2D eigenvalue weighted by Gasteiger charge is 2.53. The summed E-state index contributed by atoms with van der Waals surface area (Å²) in [5.74, 6) is 1.22. The van der Waals surface area contributed by atoms with E-state index in [-0.39, 0.29) is 5.91 Å². The third-order valence-electron chi connectivity index (χ3n) is 6.09. The molecule has 0 saturated carbocycles. The highest BCUT2D eigenvalue weighted by molar-refractivity contribution is 8.00. The highest BCUT2D eigenvalue weighted by Crippen LogP contribution is 2.57. The molecule has 0 bridgehead atoms. The molecule has 2 heterocycles. The number of benzene rings is 4. The van der Waals surface area contributed by atoms with Crippen LogP contribution in [0.4, 0.5) is 0 Å². The molecule has 1 atom stereocenters. The average Bonchev–Trinajstić information content (AvgIpc) is 3.02. The molecule has 4 aromatic rings. The minimum atomic E-state index is -0.452. The number of carbonyl (C=O) groups excluding carboxylic acids is 1. The van der Waals surface area contributed by atoms with Gasteiger partial charge in [-0.3, -0.25) is 4.79 Å². The first-order valence-corrected chi connectivity index (χ1v) is 10.8. The Hall–Kier alpha value is -2.78. The monoisotopic (exact) mass is 381 g/mol. The van der Waals surface area contributed by atoms with Crippen molar-refractivity contribution in [1.29, 1.82) is 0 Å². The Labute approximate surface area is 168 Å². The summed E-state index contributed by atoms with van der Waals surface area (Å²) in [6.07, 6.45) is 1.04. The van der Waals surface area contributed by atoms with Gasteiger partial charge in [0, 0.05) is 23.2 Å². The molecule has 136 valence electrons. The van der Waals surface area contributed by atoms with Gasteiger partial charge in [-0.05, 0) is 45.9 Å². The van der Waals surface area contributed by atoms with Gasteiger partial charge in [-0.15, -0.1) is 11.8 Å². The van der Waals surface area contributed by atoms with E-state index in [2.05, 4.69) is 71.6 Å². The Kier molecular flexibility index (Phi) is 3.39. The average molecular weight is 382 g/mol. The predicted molar refractivity (Wildman–Crippen MR) is 117 cm³/mol. The Bertz CT molecular complexity index is 1210. The van der Waals surface area contributed by atoms with Crippen molar-refractivity contribution in [1.82, 2.24) is 4.90 Å². The zero-order valence-corrected chi connectivity index (χ0v) is 16.2. The van der Waals surface area contributed by atoms with Gasteiger partial charge in [0.2, 0.25) is 0 Å². The van der Waals surface area contributed by atoms with Crippen LogP contribution in [0, 0.1) is 0 Å². The van der Waals surface area contributed by atoms with Crippen LogP contribution >= 0.6 is 11.8 Å². The molecule has 2 aliphatic rings. The molecule has 2 nitrogen and oxygen atoms in total. The fraction of sp³-hybridized carbons (Fsp3) is 0.160. The number of fused-ring (bicyclic) bond motifs is 5. The summed E-state index contributed by atoms with van der Waals surface area (Å²) in [5.41, 5.74) is 3.27. The van der Waals surface area contributed by atoms with Gasteiger partial charge in [-0.25, -0.2) is 0 Å². The molecule has 2 aliphatic heterocycles. The topological polar surface area (TPSA) is 20.3 Å². The Morgan fingerprint density at radius 1 is 0.821 bits per heavy atom. The van der Waals surface area contributed by atoms with E-state index in [1.54, 1.807) is 0 Å². The second kappa shape index (κ2) is 5.86. The quantitative estimate of drug-likeness (QED) is 0.389. The molecular weight excluding hydrogens is 362 g/mol. The van der Waals surface area contributed by atoms with E-state index in [1.165, 1.54) is 27.1 Å². The fourth-order valence-electron chi connectivity index (χ4n) is 4.98. The van der Waals surface area contributed by atoms with Gasteiger partial charge in [0.25, 0.3) is 5.91 Å². The van der Waals surface area contributed by atoms with Crippen LogP contribution in [0.2, 0.25) is 0 Å². The Morgan fingerprint density at radius 2 is 1.46 bits per heavy atom. The maximum absolute atomic E-state index is 13.4. The van der Waals surface area contributed by atoms with Gasteiger partial charge in [-0.1, -0.05) is 66.7 Å². The maximum Gasteiger partial charge on any atom is 0.255 e. The van der Waals surface area contributed by atoms with Crippen molar-refractivity contribution >= 4 is 39.2 Å². The highest BCUT2D eigenvalue weighted by atomic mass is 32.2. The molecule has 0 radical (unpaired) electrons. The summed E-state index contributed by atoms with van der Waals surface area (Å²) in [4.78, 5) is 15.1. The third kappa shape index (κ3) is 1.97. The van der Waals surface area contributed by atoms with Crippen LogP contribution in [0.25, 0.3) is 21.5 Å². The van der Waals surface area contributed by atoms with Crippen LogP contribution in [0.5, 0.6) is 0 Å². The summed E-state index contributed by atoms with van der Waals surface area (Å²) in [6.45, 7) is 0.804. The van der Waals surface area contributed by atoms with Crippen LogP contribution in [0.3, 0.4) is 0 Å². The predicted octanol–water partition coefficient (Wildman–Crippen LogP) is 5.79. The molecule has 1 saturated heterocycles. The van der Waals surface area contributed by atoms with Crippen LogP contribution < -0.4 is 0 Å². The second-order valence-corrected chi connectivity index (χ2v) is 8.83. The van der Waals surface area contributed by atoms with E-state index in [0.29, 0.717) is 0 Å². The first-order chi connectivity index (χ1) is 13.8. The molecule has 0 spiro atoms. The van der Waals surface area contributed by atoms with Crippen molar-refractivity contribution in [2.45, 2.75) is 11.3 Å². The van der Waals surface area contributed by atoms with Crippen molar-refractivity contribution in [3.05, 3.63) is 95.6 Å². The largest absolute Gasteiger partial charge is 0.316 e. The number of hydrogen-bond acceptors (Lipinski definition) is 2. The zero-order valence-electron chi connectivity index (χ0n) is 15.4. The summed E-state index contributed by atoms with van der Waals surface area (Å²) >= 11 is 1.92. The number of carbonyl (C=O) groups is 1. The lowest BCUT2D eigenvalue weighted by atomic mass is 9.88. The second-order valence-electron chi connectivity index (χ2n) is 7.54. The van der Waals surface area contributed by atoms with Crippen molar-refractivity contribution < 1.29 is 4.79 Å². The molecule has 0 aliphatic carbocycles. The summed E-state index contributed by atoms with van der Waals surface area (Å²) < 4.78 is 0. The van der Waals surface area contributed by atoms with Gasteiger partial charge in [0.1, 0.15) is 4.87 Å². The number of hydrogen-bond donors (Lipinski definition) is 0. The van der Waals surface area contributed by atoms with E-state index in [9.17, 15) is 4.79 Å². The van der Waals surface area contributed by atoms with Crippen LogP contribution in [0.15, 0.2) is 78.9 Å². The molecule has 1 unspecified atom stereocenters. The summed E-state index contributed by atoms with van der Waals surface area (Å²) in [7, 11) is 0. The first kappa shape index (κ1) is 16.2. The lowest BCUT2D eigenvalue weighted by Crippen LogP contribution is -2.46. The zero-order chi connectivity index (χ0) is 18.7. The normalized spacial score (nSPS) is 21.1. The number of rotatable bonds is 1. The summed E-state index contributed by atoms with van der Waals surface area (Å²) in [5, 5.41) is 4.94. The van der Waals surface area contributed by atoms with E-state index in [4.69, 9.17) is 0 Å². The summed E-state index contributed by atoms with van der Waals surface area (Å²) in [6, 6.07) is 27.7. The van der Waals surface area contributed by atoms with Gasteiger partial charge in [0.15, 0.2) is 0 Å². The molecular formula is C25H19NOS. The van der Waals surface area contributed by atoms with Crippen molar-refractivity contribution in [3.8, 4) is 0 Å². The Balaban J connectivity index is 1.82. The molecule has 0 N–H and O–H groups in total. The van der Waals surface area contributed by atoms with Gasteiger partial charge >= 0.3 is 0 Å².